The van der Waals surface area contributed by atoms with Crippen molar-refractivity contribution in [3.63, 3.8) is 0 Å². The quantitative estimate of drug-likeness (QED) is 0.360. The van der Waals surface area contributed by atoms with Crippen LogP contribution in [0.15, 0.2) is 30.2 Å². The van der Waals surface area contributed by atoms with Gasteiger partial charge in [0, 0.05) is 5.02 Å². The Hall–Kier alpha value is -2.08. The smallest absolute Gasteiger partial charge is 0.377 e. The van der Waals surface area contributed by atoms with Gasteiger partial charge in [0.25, 0.3) is 0 Å². The van der Waals surface area contributed by atoms with E-state index >= 15 is 0 Å². The Kier molecular flexibility index (Phi) is 5.32. The zero-order chi connectivity index (χ0) is 14.4. The molecule has 0 aliphatic carbocycles. The summed E-state index contributed by atoms with van der Waals surface area (Å²) in [6.45, 7) is 0. The summed E-state index contributed by atoms with van der Waals surface area (Å²) in [5, 5.41) is 0.156. The second-order valence-corrected chi connectivity index (χ2v) is 3.66. The number of carbonyl (C=O) groups excluding carboxylic acids is 2. The lowest BCUT2D eigenvalue weighted by molar-refractivity contribution is -0.138. The first-order valence-electron chi connectivity index (χ1n) is 4.98. The number of esters is 1. The second kappa shape index (κ2) is 6.75. The molecule has 102 valence electrons. The van der Waals surface area contributed by atoms with Crippen molar-refractivity contribution in [1.29, 1.82) is 0 Å². The van der Waals surface area contributed by atoms with Gasteiger partial charge < -0.3 is 14.2 Å². The van der Waals surface area contributed by atoms with Crippen LogP contribution < -0.4 is 4.74 Å². The number of hydrogen-bond donors (Lipinski definition) is 0. The van der Waals surface area contributed by atoms with Crippen LogP contribution >= 0.6 is 11.6 Å². The largest absolute Gasteiger partial charge is 0.500 e. The fraction of sp³-hybridized carbons (Fsp3) is 0.167. The first-order valence-corrected chi connectivity index (χ1v) is 5.36. The molecule has 0 unspecified atom stereocenters. The maximum absolute atomic E-state index is 12.8. The van der Waals surface area contributed by atoms with E-state index in [1.807, 2.05) is 0 Å². The van der Waals surface area contributed by atoms with Gasteiger partial charge in [0.05, 0.1) is 19.8 Å². The molecular formula is C12H10ClFO5. The molecule has 5 nitrogen and oxygen atoms in total. The van der Waals surface area contributed by atoms with Gasteiger partial charge >= 0.3 is 12.0 Å². The van der Waals surface area contributed by atoms with Crippen LogP contribution in [-0.4, -0.2) is 26.2 Å². The molecule has 0 heterocycles. The van der Waals surface area contributed by atoms with Crippen molar-refractivity contribution in [3.05, 3.63) is 40.8 Å². The zero-order valence-electron chi connectivity index (χ0n) is 10.1. The van der Waals surface area contributed by atoms with Gasteiger partial charge in [-0.05, 0) is 18.2 Å². The van der Waals surface area contributed by atoms with Crippen LogP contribution in [0.2, 0.25) is 5.02 Å². The Balaban J connectivity index is 3.13. The minimum absolute atomic E-state index is 0.156. The van der Waals surface area contributed by atoms with Crippen molar-refractivity contribution < 1.29 is 28.2 Å². The van der Waals surface area contributed by atoms with E-state index < -0.39 is 17.6 Å². The zero-order valence-corrected chi connectivity index (χ0v) is 10.9. The second-order valence-electron chi connectivity index (χ2n) is 3.23. The lowest BCUT2D eigenvalue weighted by atomic mass is 10.2. The first-order chi connectivity index (χ1) is 8.99. The van der Waals surface area contributed by atoms with Gasteiger partial charge in [0.2, 0.25) is 5.76 Å². The van der Waals surface area contributed by atoms with Gasteiger partial charge in [-0.1, -0.05) is 11.6 Å². The van der Waals surface area contributed by atoms with Crippen LogP contribution in [0, 0.1) is 0 Å². The number of ether oxygens (including phenoxy) is 3. The number of halogens is 2. The Labute approximate surface area is 113 Å². The lowest BCUT2D eigenvalue weighted by Crippen LogP contribution is -2.12. The minimum Gasteiger partial charge on any atom is -0.500 e. The number of carbonyl (C=O) groups is 2. The highest BCUT2D eigenvalue weighted by atomic mass is 35.5. The highest BCUT2D eigenvalue weighted by Gasteiger charge is 2.18. The summed E-state index contributed by atoms with van der Waals surface area (Å²) in [6.07, 6.45) is 0.965. The van der Waals surface area contributed by atoms with Gasteiger partial charge in [-0.2, -0.15) is 4.39 Å². The predicted octanol–water partition coefficient (Wildman–Crippen LogP) is 2.49. The number of rotatable bonds is 5. The van der Waals surface area contributed by atoms with Crippen molar-refractivity contribution in [2.75, 3.05) is 14.2 Å². The number of methoxy groups -OCH3 is 2. The van der Waals surface area contributed by atoms with Gasteiger partial charge in [-0.3, -0.25) is 4.79 Å². The molecule has 0 saturated carbocycles. The standard InChI is InChI=1S/C12H10ClFO5/c1-17-6-10(12(16)18-2)19-9-4-3-7(13)5-8(9)11(14)15/h3-6H,1-2H3/b10-6+. The van der Waals surface area contributed by atoms with Crippen LogP contribution in [0.25, 0.3) is 0 Å². The molecule has 0 fully saturated rings. The molecule has 7 heteroatoms. The van der Waals surface area contributed by atoms with Crippen molar-refractivity contribution in [3.8, 4) is 5.75 Å². The topological polar surface area (TPSA) is 61.8 Å². The van der Waals surface area contributed by atoms with E-state index in [1.54, 1.807) is 0 Å². The van der Waals surface area contributed by atoms with E-state index in [0.717, 1.165) is 19.4 Å². The van der Waals surface area contributed by atoms with E-state index in [2.05, 4.69) is 9.47 Å². The Morgan fingerprint density at radius 2 is 2.00 bits per heavy atom. The summed E-state index contributed by atoms with van der Waals surface area (Å²) in [7, 11) is 2.42. The third-order valence-corrected chi connectivity index (χ3v) is 2.22. The fourth-order valence-corrected chi connectivity index (χ4v) is 1.36. The molecule has 0 amide bonds. The summed E-state index contributed by atoms with van der Waals surface area (Å²) in [6, 6.07) is 1.98. The Bertz CT molecular complexity index is 527. The van der Waals surface area contributed by atoms with Crippen LogP contribution in [0.5, 0.6) is 5.75 Å². The Morgan fingerprint density at radius 1 is 1.32 bits per heavy atom. The monoisotopic (exact) mass is 288 g/mol. The molecule has 0 radical (unpaired) electrons. The van der Waals surface area contributed by atoms with Crippen LogP contribution in [0.3, 0.4) is 0 Å². The molecule has 1 aromatic carbocycles. The maximum atomic E-state index is 12.8. The van der Waals surface area contributed by atoms with E-state index in [0.29, 0.717) is 0 Å². The highest BCUT2D eigenvalue weighted by molar-refractivity contribution is 6.31. The molecule has 1 rings (SSSR count). The molecule has 0 bridgehead atoms. The third kappa shape index (κ3) is 3.96. The van der Waals surface area contributed by atoms with Crippen molar-refractivity contribution in [1.82, 2.24) is 0 Å². The lowest BCUT2D eigenvalue weighted by Gasteiger charge is -2.10. The van der Waals surface area contributed by atoms with Gasteiger partial charge in [0.15, 0.2) is 0 Å². The van der Waals surface area contributed by atoms with Crippen LogP contribution in [-0.2, 0) is 14.3 Å². The maximum Gasteiger partial charge on any atom is 0.377 e. The molecular weight excluding hydrogens is 279 g/mol. The fourth-order valence-electron chi connectivity index (χ4n) is 1.18. The SMILES string of the molecule is CO/C=C(/Oc1ccc(Cl)cc1C(=O)F)C(=O)OC. The molecule has 1 aromatic rings. The molecule has 0 N–H and O–H groups in total. The molecule has 0 aliphatic heterocycles. The molecule has 19 heavy (non-hydrogen) atoms. The molecule has 0 saturated heterocycles. The van der Waals surface area contributed by atoms with Crippen molar-refractivity contribution in [2.45, 2.75) is 0 Å². The average Bonchev–Trinajstić information content (AvgIpc) is 2.38. The van der Waals surface area contributed by atoms with E-state index in [1.165, 1.54) is 19.2 Å². The van der Waals surface area contributed by atoms with Gasteiger partial charge in [-0.25, -0.2) is 4.79 Å². The Morgan fingerprint density at radius 3 is 2.53 bits per heavy atom. The minimum atomic E-state index is -1.74. The normalized spacial score (nSPS) is 10.8. The summed E-state index contributed by atoms with van der Waals surface area (Å²) in [5.74, 6) is -1.35. The predicted molar refractivity (Wildman–Crippen MR) is 64.6 cm³/mol. The molecule has 0 atom stereocenters. The van der Waals surface area contributed by atoms with E-state index in [-0.39, 0.29) is 16.5 Å². The number of benzene rings is 1. The van der Waals surface area contributed by atoms with Gasteiger partial charge in [-0.15, -0.1) is 0 Å². The van der Waals surface area contributed by atoms with Crippen LogP contribution in [0.1, 0.15) is 10.4 Å². The molecule has 0 spiro atoms. The van der Waals surface area contributed by atoms with Gasteiger partial charge in [0.1, 0.15) is 12.0 Å². The van der Waals surface area contributed by atoms with E-state index in [4.69, 9.17) is 16.3 Å². The van der Waals surface area contributed by atoms with E-state index in [9.17, 15) is 14.0 Å². The average molecular weight is 289 g/mol. The summed E-state index contributed by atoms with van der Waals surface area (Å²) < 4.78 is 27.0. The number of hydrogen-bond acceptors (Lipinski definition) is 5. The third-order valence-electron chi connectivity index (χ3n) is 1.98. The summed E-state index contributed by atoms with van der Waals surface area (Å²) >= 11 is 5.64. The molecule has 0 aliphatic rings. The highest BCUT2D eigenvalue weighted by Crippen LogP contribution is 2.25. The van der Waals surface area contributed by atoms with Crippen molar-refractivity contribution >= 4 is 23.6 Å². The summed E-state index contributed by atoms with van der Waals surface area (Å²) in [5.41, 5.74) is -0.404. The summed E-state index contributed by atoms with van der Waals surface area (Å²) in [4.78, 5) is 22.2. The van der Waals surface area contributed by atoms with Crippen molar-refractivity contribution in [2.24, 2.45) is 0 Å². The first kappa shape index (κ1) is 15.0. The molecule has 0 aromatic heterocycles. The van der Waals surface area contributed by atoms with Crippen LogP contribution in [0.4, 0.5) is 4.39 Å².